The number of hydrogen-bond donors (Lipinski definition) is 0. The summed E-state index contributed by atoms with van der Waals surface area (Å²) in [5, 5.41) is 0. The van der Waals surface area contributed by atoms with Crippen molar-refractivity contribution in [1.82, 2.24) is 0 Å². The highest BCUT2D eigenvalue weighted by atomic mass is 15.1. The summed E-state index contributed by atoms with van der Waals surface area (Å²) in [5.41, 5.74) is 13.1. The largest absolute Gasteiger partial charge is 0.376 e. The first kappa shape index (κ1) is 28.2. The minimum absolute atomic E-state index is 0.157. The van der Waals surface area contributed by atoms with E-state index < -0.39 is 0 Å². The van der Waals surface area contributed by atoms with Crippen molar-refractivity contribution < 1.29 is 0 Å². The molecule has 0 aliphatic carbocycles. The smallest absolute Gasteiger partial charge is 0.328 e. The zero-order valence-corrected chi connectivity index (χ0v) is 25.2. The van der Waals surface area contributed by atoms with Gasteiger partial charge in [-0.15, -0.1) is 0 Å². The summed E-state index contributed by atoms with van der Waals surface area (Å²) in [5.74, 6) is 0. The average molecular weight is 576 g/mol. The molecule has 2 heteroatoms. The van der Waals surface area contributed by atoms with Gasteiger partial charge in [0.2, 0.25) is 0 Å². The van der Waals surface area contributed by atoms with Crippen molar-refractivity contribution >= 4 is 29.1 Å². The number of hydrogen-bond acceptors (Lipinski definition) is 1. The van der Waals surface area contributed by atoms with Gasteiger partial charge in [-0.05, 0) is 57.9 Å². The van der Waals surface area contributed by atoms with Crippen LogP contribution in [-0.2, 0) is 6.42 Å². The first-order valence-electron chi connectivity index (χ1n) is 15.6. The minimum Gasteiger partial charge on any atom is -0.376 e. The Morgan fingerprint density at radius 2 is 0.911 bits per heavy atom. The van der Waals surface area contributed by atoms with Gasteiger partial charge in [0.05, 0.1) is 0 Å². The van der Waals surface area contributed by atoms with Gasteiger partial charge in [0, 0.05) is 16.9 Å². The van der Waals surface area contributed by atoms with Crippen molar-refractivity contribution in [3.8, 4) is 22.3 Å². The van der Waals surface area contributed by atoms with Gasteiger partial charge in [0.1, 0.15) is 0 Å². The molecule has 1 aliphatic rings. The lowest BCUT2D eigenvalue weighted by Crippen LogP contribution is -2.57. The fraction of sp³-hybridized carbons (Fsp3) is 0.0233. The van der Waals surface area contributed by atoms with E-state index in [4.69, 9.17) is 0 Å². The molecule has 0 spiro atoms. The second-order valence-corrected chi connectivity index (χ2v) is 11.3. The molecular formula is C43H34BN. The fourth-order valence-electron chi connectivity index (χ4n) is 6.40. The van der Waals surface area contributed by atoms with Crippen molar-refractivity contribution in [2.75, 3.05) is 4.81 Å². The van der Waals surface area contributed by atoms with Crippen LogP contribution in [0.1, 0.15) is 11.1 Å². The topological polar surface area (TPSA) is 3.24 Å². The molecule has 0 bridgehead atoms. The van der Waals surface area contributed by atoms with E-state index in [0.29, 0.717) is 0 Å². The van der Waals surface area contributed by atoms with Gasteiger partial charge >= 0.3 is 6.85 Å². The number of rotatable bonds is 5. The summed E-state index contributed by atoms with van der Waals surface area (Å²) in [6, 6.07) is 68.8. The molecule has 0 unspecified atom stereocenters. The molecule has 0 fully saturated rings. The summed E-state index contributed by atoms with van der Waals surface area (Å²) in [4.78, 5) is 2.47. The van der Waals surface area contributed by atoms with Crippen LogP contribution >= 0.6 is 0 Å². The second kappa shape index (κ2) is 13.4. The fourth-order valence-corrected chi connectivity index (χ4v) is 6.40. The molecule has 1 heterocycles. The molecule has 0 saturated carbocycles. The maximum atomic E-state index is 2.47. The van der Waals surface area contributed by atoms with E-state index >= 15 is 0 Å². The zero-order valence-electron chi connectivity index (χ0n) is 25.2. The predicted octanol–water partition coefficient (Wildman–Crippen LogP) is 9.56. The van der Waals surface area contributed by atoms with E-state index in [1.807, 2.05) is 0 Å². The Kier molecular flexibility index (Phi) is 8.37. The molecule has 0 saturated heterocycles. The van der Waals surface area contributed by atoms with Crippen LogP contribution in [0.4, 0.5) is 11.4 Å². The van der Waals surface area contributed by atoms with Crippen LogP contribution < -0.4 is 15.7 Å². The Bertz CT molecular complexity index is 1890. The van der Waals surface area contributed by atoms with E-state index in [1.165, 1.54) is 55.7 Å². The van der Waals surface area contributed by atoms with E-state index in [2.05, 4.69) is 199 Å². The molecule has 0 radical (unpaired) electrons. The molecule has 1 nitrogen and oxygen atoms in total. The van der Waals surface area contributed by atoms with E-state index in [0.717, 1.165) is 6.42 Å². The van der Waals surface area contributed by atoms with Crippen LogP contribution in [-0.4, -0.2) is 6.85 Å². The average Bonchev–Trinajstić information content (AvgIpc) is 3.13. The minimum atomic E-state index is 0.157. The predicted molar refractivity (Wildman–Crippen MR) is 193 cm³/mol. The molecule has 0 N–H and O–H groups in total. The van der Waals surface area contributed by atoms with Gasteiger partial charge in [-0.1, -0.05) is 181 Å². The quantitative estimate of drug-likeness (QED) is 0.185. The number of para-hydroxylation sites is 2. The maximum absolute atomic E-state index is 2.47. The van der Waals surface area contributed by atoms with Crippen molar-refractivity contribution in [3.05, 3.63) is 205 Å². The lowest BCUT2D eigenvalue weighted by Gasteiger charge is -2.38. The zero-order chi connectivity index (χ0) is 30.3. The van der Waals surface area contributed by atoms with Crippen LogP contribution in [0, 0.1) is 0 Å². The van der Waals surface area contributed by atoms with Crippen molar-refractivity contribution in [3.63, 3.8) is 0 Å². The van der Waals surface area contributed by atoms with Crippen molar-refractivity contribution in [2.45, 2.75) is 6.42 Å². The SMILES string of the molecule is c1ccc(B2c3ccccc3-c3ccccc3N2c2ccccc2)cc1.c1ccc(Cc2ccccc2-c2ccccc2)cc1. The molecular weight excluding hydrogens is 541 g/mol. The summed E-state index contributed by atoms with van der Waals surface area (Å²) in [6.45, 7) is 0.157. The molecule has 7 aromatic rings. The Morgan fingerprint density at radius 1 is 0.400 bits per heavy atom. The van der Waals surface area contributed by atoms with Crippen LogP contribution in [0.5, 0.6) is 0 Å². The Morgan fingerprint density at radius 3 is 1.62 bits per heavy atom. The lowest BCUT2D eigenvalue weighted by molar-refractivity contribution is 1.19. The van der Waals surface area contributed by atoms with Gasteiger partial charge < -0.3 is 4.81 Å². The Balaban J connectivity index is 0.000000152. The third-order valence-electron chi connectivity index (χ3n) is 8.46. The van der Waals surface area contributed by atoms with Gasteiger partial charge in [0.15, 0.2) is 0 Å². The summed E-state index contributed by atoms with van der Waals surface area (Å²) < 4.78 is 0. The van der Waals surface area contributed by atoms with Gasteiger partial charge in [0.25, 0.3) is 0 Å². The van der Waals surface area contributed by atoms with Crippen LogP contribution in [0.3, 0.4) is 0 Å². The highest BCUT2D eigenvalue weighted by Gasteiger charge is 2.36. The number of nitrogens with zero attached hydrogens (tertiary/aromatic N) is 1. The number of fused-ring (bicyclic) bond motifs is 3. The standard InChI is InChI=1S/C24H18BN.C19H16/c1-3-11-19(12-4-1)25-23-17-9-7-15-21(23)22-16-8-10-18-24(22)26(25)20-13-5-2-6-14-20;1-3-9-16(10-4-1)15-18-13-7-8-14-19(18)17-11-5-2-6-12-17/h1-18H;1-14H,15H2. The van der Waals surface area contributed by atoms with Gasteiger partial charge in [-0.25, -0.2) is 0 Å². The lowest BCUT2D eigenvalue weighted by atomic mass is 9.46. The number of anilines is 2. The number of benzene rings is 7. The maximum Gasteiger partial charge on any atom is 0.328 e. The first-order chi connectivity index (χ1) is 22.4. The van der Waals surface area contributed by atoms with Crippen molar-refractivity contribution in [2.24, 2.45) is 0 Å². The third-order valence-corrected chi connectivity index (χ3v) is 8.46. The third kappa shape index (κ3) is 6.09. The normalized spacial score (nSPS) is 11.6. The summed E-state index contributed by atoms with van der Waals surface area (Å²) in [6.07, 6.45) is 0.978. The molecule has 214 valence electrons. The van der Waals surface area contributed by atoms with E-state index in [9.17, 15) is 0 Å². The molecule has 0 aromatic heterocycles. The first-order valence-corrected chi connectivity index (χ1v) is 15.6. The molecule has 0 amide bonds. The van der Waals surface area contributed by atoms with Crippen LogP contribution in [0.15, 0.2) is 194 Å². The van der Waals surface area contributed by atoms with Gasteiger partial charge in [-0.3, -0.25) is 0 Å². The highest BCUT2D eigenvalue weighted by molar-refractivity contribution is 6.90. The van der Waals surface area contributed by atoms with E-state index in [-0.39, 0.29) is 6.85 Å². The Hall–Kier alpha value is -5.60. The van der Waals surface area contributed by atoms with Crippen LogP contribution in [0.25, 0.3) is 22.3 Å². The van der Waals surface area contributed by atoms with Crippen molar-refractivity contribution in [1.29, 1.82) is 0 Å². The second-order valence-electron chi connectivity index (χ2n) is 11.3. The van der Waals surface area contributed by atoms with Gasteiger partial charge in [-0.2, -0.15) is 0 Å². The van der Waals surface area contributed by atoms with Crippen LogP contribution in [0.2, 0.25) is 0 Å². The summed E-state index contributed by atoms with van der Waals surface area (Å²) >= 11 is 0. The molecule has 1 aliphatic heterocycles. The van der Waals surface area contributed by atoms with E-state index in [1.54, 1.807) is 0 Å². The monoisotopic (exact) mass is 575 g/mol. The Labute approximate surface area is 267 Å². The highest BCUT2D eigenvalue weighted by Crippen LogP contribution is 2.39. The summed E-state index contributed by atoms with van der Waals surface area (Å²) in [7, 11) is 0. The molecule has 0 atom stereocenters. The molecule has 45 heavy (non-hydrogen) atoms. The molecule has 7 aromatic carbocycles. The molecule has 8 rings (SSSR count).